The molecule has 0 aliphatic carbocycles. The Kier molecular flexibility index (Phi) is 10.6. The van der Waals surface area contributed by atoms with E-state index in [2.05, 4.69) is 10.6 Å². The Morgan fingerprint density at radius 2 is 1.83 bits per heavy atom. The molecule has 0 atom stereocenters. The molecule has 1 rings (SSSR count). The second-order valence-electron chi connectivity index (χ2n) is 6.25. The molecule has 0 fully saturated rings. The first-order chi connectivity index (χ1) is 10.4. The summed E-state index contributed by atoms with van der Waals surface area (Å²) in [7, 11) is 1.71. The molecule has 0 saturated carbocycles. The third-order valence-electron chi connectivity index (χ3n) is 2.84. The van der Waals surface area contributed by atoms with Gasteiger partial charge in [-0.05, 0) is 51.4 Å². The number of carbonyl (C=O) groups is 1. The lowest BCUT2D eigenvalue weighted by Crippen LogP contribution is -2.43. The molecule has 1 amide bonds. The molecule has 6 heteroatoms. The molecule has 0 unspecified atom stereocenters. The zero-order chi connectivity index (χ0) is 16.4. The zero-order valence-corrected chi connectivity index (χ0v) is 15.3. The van der Waals surface area contributed by atoms with Gasteiger partial charge >= 0.3 is 0 Å². The summed E-state index contributed by atoms with van der Waals surface area (Å²) >= 11 is 0. The van der Waals surface area contributed by atoms with Crippen molar-refractivity contribution in [2.75, 3.05) is 26.9 Å². The average molecular weight is 345 g/mol. The lowest BCUT2D eigenvalue weighted by molar-refractivity contribution is -0.124. The molecule has 0 saturated heterocycles. The van der Waals surface area contributed by atoms with E-state index in [-0.39, 0.29) is 30.5 Å². The number of amides is 1. The third-order valence-corrected chi connectivity index (χ3v) is 2.84. The van der Waals surface area contributed by atoms with Crippen LogP contribution in [-0.2, 0) is 16.1 Å². The molecule has 0 aliphatic heterocycles. The number of nitrogens with one attached hydrogen (secondary N) is 2. The summed E-state index contributed by atoms with van der Waals surface area (Å²) < 4.78 is 10.5. The highest BCUT2D eigenvalue weighted by molar-refractivity contribution is 5.85. The molecule has 132 valence electrons. The van der Waals surface area contributed by atoms with Gasteiger partial charge in [-0.3, -0.25) is 4.79 Å². The summed E-state index contributed by atoms with van der Waals surface area (Å²) in [6, 6.07) is 7.77. The molecule has 0 radical (unpaired) electrons. The topological polar surface area (TPSA) is 59.6 Å². The summed E-state index contributed by atoms with van der Waals surface area (Å²) in [5.74, 6) is 0.587. The van der Waals surface area contributed by atoms with Crippen LogP contribution in [0.2, 0.25) is 0 Å². The van der Waals surface area contributed by atoms with Gasteiger partial charge in [0.25, 0.3) is 5.91 Å². The van der Waals surface area contributed by atoms with Crippen molar-refractivity contribution in [3.05, 3.63) is 29.8 Å². The van der Waals surface area contributed by atoms with Crippen molar-refractivity contribution >= 4 is 18.3 Å². The van der Waals surface area contributed by atoms with Crippen LogP contribution < -0.4 is 15.4 Å². The van der Waals surface area contributed by atoms with Crippen LogP contribution in [-0.4, -0.2) is 38.3 Å². The van der Waals surface area contributed by atoms with Crippen molar-refractivity contribution in [3.63, 3.8) is 0 Å². The molecule has 0 heterocycles. The van der Waals surface area contributed by atoms with E-state index in [0.717, 1.165) is 26.1 Å². The van der Waals surface area contributed by atoms with Crippen LogP contribution in [0.25, 0.3) is 0 Å². The molecule has 0 bridgehead atoms. The Morgan fingerprint density at radius 3 is 2.39 bits per heavy atom. The maximum absolute atomic E-state index is 11.7. The smallest absolute Gasteiger partial charge is 0.258 e. The minimum absolute atomic E-state index is 0. The van der Waals surface area contributed by atoms with Gasteiger partial charge < -0.3 is 20.1 Å². The molecular formula is C17H29ClN2O3. The number of rotatable bonds is 9. The molecule has 1 aromatic rings. The highest BCUT2D eigenvalue weighted by Crippen LogP contribution is 2.12. The predicted molar refractivity (Wildman–Crippen MR) is 95.3 cm³/mol. The van der Waals surface area contributed by atoms with Crippen LogP contribution in [0.5, 0.6) is 5.75 Å². The molecule has 0 aromatic heterocycles. The van der Waals surface area contributed by atoms with Gasteiger partial charge in [0, 0.05) is 25.8 Å². The number of ether oxygens (including phenoxy) is 2. The lowest BCUT2D eigenvalue weighted by atomic mass is 10.1. The van der Waals surface area contributed by atoms with Crippen molar-refractivity contribution in [2.45, 2.75) is 39.3 Å². The van der Waals surface area contributed by atoms with Crippen molar-refractivity contribution in [1.29, 1.82) is 0 Å². The largest absolute Gasteiger partial charge is 0.484 e. The van der Waals surface area contributed by atoms with E-state index in [9.17, 15) is 4.79 Å². The summed E-state index contributed by atoms with van der Waals surface area (Å²) in [6.07, 6.45) is 1.00. The van der Waals surface area contributed by atoms with Gasteiger partial charge in [0.2, 0.25) is 0 Å². The van der Waals surface area contributed by atoms with Crippen molar-refractivity contribution < 1.29 is 14.3 Å². The summed E-state index contributed by atoms with van der Waals surface area (Å²) in [5, 5.41) is 6.21. The predicted octanol–water partition coefficient (Wildman–Crippen LogP) is 2.53. The second-order valence-corrected chi connectivity index (χ2v) is 6.25. The Labute approximate surface area is 145 Å². The summed E-state index contributed by atoms with van der Waals surface area (Å²) in [5.41, 5.74) is 0.947. The van der Waals surface area contributed by atoms with Crippen LogP contribution in [0.1, 0.15) is 32.8 Å². The molecule has 23 heavy (non-hydrogen) atoms. The van der Waals surface area contributed by atoms with Gasteiger partial charge in [-0.15, -0.1) is 12.4 Å². The summed E-state index contributed by atoms with van der Waals surface area (Å²) in [4.78, 5) is 11.7. The molecule has 0 aliphatic rings. The average Bonchev–Trinajstić information content (AvgIpc) is 2.44. The lowest BCUT2D eigenvalue weighted by Gasteiger charge is -2.20. The second kappa shape index (κ2) is 11.3. The van der Waals surface area contributed by atoms with Gasteiger partial charge in [0.1, 0.15) is 5.75 Å². The van der Waals surface area contributed by atoms with Crippen LogP contribution in [0.15, 0.2) is 24.3 Å². The molecule has 5 nitrogen and oxygen atoms in total. The quantitative estimate of drug-likeness (QED) is 0.676. The van der Waals surface area contributed by atoms with Gasteiger partial charge in [-0.1, -0.05) is 12.1 Å². The third kappa shape index (κ3) is 11.0. The number of hydrogen-bond donors (Lipinski definition) is 2. The van der Waals surface area contributed by atoms with E-state index < -0.39 is 0 Å². The van der Waals surface area contributed by atoms with Crippen LogP contribution >= 0.6 is 12.4 Å². The minimum Gasteiger partial charge on any atom is -0.484 e. The fourth-order valence-electron chi connectivity index (χ4n) is 1.88. The summed E-state index contributed by atoms with van der Waals surface area (Å²) in [6.45, 7) is 8.38. The highest BCUT2D eigenvalue weighted by Gasteiger charge is 2.13. The van der Waals surface area contributed by atoms with Gasteiger partial charge in [0.05, 0.1) is 0 Å². The Bertz CT molecular complexity index is 444. The Hall–Kier alpha value is -1.30. The zero-order valence-electron chi connectivity index (χ0n) is 14.5. The van der Waals surface area contributed by atoms with Crippen molar-refractivity contribution in [2.24, 2.45) is 0 Å². The monoisotopic (exact) mass is 344 g/mol. The normalized spacial score (nSPS) is 10.8. The first-order valence-corrected chi connectivity index (χ1v) is 7.63. The number of carbonyl (C=O) groups excluding carboxylic acids is 1. The number of hydrogen-bond acceptors (Lipinski definition) is 4. The van der Waals surface area contributed by atoms with Crippen LogP contribution in [0.3, 0.4) is 0 Å². The first kappa shape index (κ1) is 21.7. The SMILES string of the molecule is COCCCNCc1ccc(OCC(=O)NC(C)(C)C)cc1.Cl. The van der Waals surface area contributed by atoms with E-state index in [1.54, 1.807) is 7.11 Å². The van der Waals surface area contributed by atoms with Crippen LogP contribution in [0, 0.1) is 0 Å². The number of methoxy groups -OCH3 is 1. The maximum Gasteiger partial charge on any atom is 0.258 e. The van der Waals surface area contributed by atoms with E-state index in [0.29, 0.717) is 5.75 Å². The minimum atomic E-state index is -0.237. The van der Waals surface area contributed by atoms with Gasteiger partial charge in [0.15, 0.2) is 6.61 Å². The Morgan fingerprint density at radius 1 is 1.17 bits per heavy atom. The van der Waals surface area contributed by atoms with Gasteiger partial charge in [-0.25, -0.2) is 0 Å². The molecule has 0 spiro atoms. The van der Waals surface area contributed by atoms with Gasteiger partial charge in [-0.2, -0.15) is 0 Å². The van der Waals surface area contributed by atoms with E-state index in [4.69, 9.17) is 9.47 Å². The van der Waals surface area contributed by atoms with Crippen LogP contribution in [0.4, 0.5) is 0 Å². The van der Waals surface area contributed by atoms with E-state index >= 15 is 0 Å². The molecular weight excluding hydrogens is 316 g/mol. The maximum atomic E-state index is 11.7. The highest BCUT2D eigenvalue weighted by atomic mass is 35.5. The molecule has 1 aromatic carbocycles. The standard InChI is InChI=1S/C17H28N2O3.ClH/c1-17(2,3)19-16(20)13-22-15-8-6-14(7-9-15)12-18-10-5-11-21-4;/h6-9,18H,5,10-13H2,1-4H3,(H,19,20);1H. The van der Waals surface area contributed by atoms with Crippen molar-refractivity contribution in [1.82, 2.24) is 10.6 Å². The fraction of sp³-hybridized carbons (Fsp3) is 0.588. The first-order valence-electron chi connectivity index (χ1n) is 7.63. The fourth-order valence-corrected chi connectivity index (χ4v) is 1.88. The van der Waals surface area contributed by atoms with E-state index in [1.165, 1.54) is 5.56 Å². The number of benzene rings is 1. The number of halogens is 1. The molecule has 2 N–H and O–H groups in total. The Balaban J connectivity index is 0.00000484. The van der Waals surface area contributed by atoms with E-state index in [1.807, 2.05) is 45.0 Å². The van der Waals surface area contributed by atoms with Crippen molar-refractivity contribution in [3.8, 4) is 5.75 Å².